The van der Waals surface area contributed by atoms with Gasteiger partial charge in [-0.3, -0.25) is 10.00 Å². The fraction of sp³-hybridized carbons (Fsp3) is 0.378. The van der Waals surface area contributed by atoms with Crippen molar-refractivity contribution >= 4 is 45.9 Å². The molecule has 7 rings (SSSR count). The predicted molar refractivity (Wildman–Crippen MR) is 192 cm³/mol. The topological polar surface area (TPSA) is 91.4 Å². The summed E-state index contributed by atoms with van der Waals surface area (Å²) >= 11 is 1.82. The number of para-hydroxylation sites is 1. The van der Waals surface area contributed by atoms with Crippen LogP contribution in [-0.4, -0.2) is 69.9 Å². The zero-order valence-corrected chi connectivity index (χ0v) is 28.6. The first-order valence-corrected chi connectivity index (χ1v) is 17.4. The highest BCUT2D eigenvalue weighted by atomic mass is 32.2. The van der Waals surface area contributed by atoms with Gasteiger partial charge in [-0.15, -0.1) is 11.8 Å². The lowest BCUT2D eigenvalue weighted by molar-refractivity contribution is 0.130. The minimum absolute atomic E-state index is 0.280. The van der Waals surface area contributed by atoms with Gasteiger partial charge in [0.05, 0.1) is 29.1 Å². The van der Waals surface area contributed by atoms with Crippen LogP contribution < -0.4 is 15.0 Å². The Morgan fingerprint density at radius 1 is 1.04 bits per heavy atom. The second kappa shape index (κ2) is 13.5. The van der Waals surface area contributed by atoms with Crippen molar-refractivity contribution < 1.29 is 9.47 Å². The smallest absolute Gasteiger partial charge is 0.237 e. The maximum atomic E-state index is 6.51. The van der Waals surface area contributed by atoms with Gasteiger partial charge >= 0.3 is 0 Å². The Bertz CT molecular complexity index is 1850. The fourth-order valence-electron chi connectivity index (χ4n) is 6.78. The molecular formula is C37H43N7O2S. The van der Waals surface area contributed by atoms with E-state index < -0.39 is 0 Å². The first-order valence-electron chi connectivity index (χ1n) is 16.6. The van der Waals surface area contributed by atoms with Gasteiger partial charge < -0.3 is 19.7 Å². The van der Waals surface area contributed by atoms with Crippen LogP contribution in [-0.2, 0) is 4.74 Å². The molecule has 0 amide bonds. The van der Waals surface area contributed by atoms with Crippen molar-refractivity contribution in [2.24, 2.45) is 0 Å². The van der Waals surface area contributed by atoms with Crippen LogP contribution in [0.15, 0.2) is 71.6 Å². The highest BCUT2D eigenvalue weighted by Crippen LogP contribution is 2.46. The number of nitrogens with one attached hydrogen (secondary N) is 2. The van der Waals surface area contributed by atoms with E-state index in [9.17, 15) is 0 Å². The largest absolute Gasteiger partial charge is 0.468 e. The molecule has 0 aliphatic carbocycles. The van der Waals surface area contributed by atoms with Crippen LogP contribution in [0.25, 0.3) is 22.3 Å². The number of thioether (sulfide) groups is 1. The van der Waals surface area contributed by atoms with Gasteiger partial charge in [-0.25, -0.2) is 0 Å². The SMILES string of the molecule is COCCN1CCC(c2cc3c(cc2C)N(c2nc(Nc4ccccc4SC(C)C)c4c(-c5ccccc5)[nH]nc4n2)C(C)O3)CC1. The molecular weight excluding hydrogens is 607 g/mol. The molecule has 2 N–H and O–H groups in total. The number of aromatic amines is 1. The minimum Gasteiger partial charge on any atom is -0.468 e. The van der Waals surface area contributed by atoms with Crippen molar-refractivity contribution in [2.75, 3.05) is 43.6 Å². The number of hydrogen-bond donors (Lipinski definition) is 2. The lowest BCUT2D eigenvalue weighted by Crippen LogP contribution is -2.35. The second-order valence-corrected chi connectivity index (χ2v) is 14.3. The number of methoxy groups -OCH3 is 1. The molecule has 2 aliphatic heterocycles. The Hall–Kier alpha value is -4.12. The van der Waals surface area contributed by atoms with Crippen LogP contribution in [0.3, 0.4) is 0 Å². The number of likely N-dealkylation sites (tertiary alicyclic amines) is 1. The number of aryl methyl sites for hydroxylation is 1. The van der Waals surface area contributed by atoms with Crippen LogP contribution in [0.5, 0.6) is 5.75 Å². The van der Waals surface area contributed by atoms with E-state index in [0.717, 1.165) is 77.7 Å². The molecule has 1 atom stereocenters. The van der Waals surface area contributed by atoms with Gasteiger partial charge in [0.1, 0.15) is 11.6 Å². The molecule has 0 spiro atoms. The lowest BCUT2D eigenvalue weighted by atomic mass is 9.86. The van der Waals surface area contributed by atoms with E-state index in [1.807, 2.05) is 30.0 Å². The van der Waals surface area contributed by atoms with Crippen molar-refractivity contribution in [3.8, 4) is 17.0 Å². The molecule has 0 bridgehead atoms. The third-order valence-corrected chi connectivity index (χ3v) is 10.2. The van der Waals surface area contributed by atoms with E-state index in [1.165, 1.54) is 11.1 Å². The molecule has 2 aromatic heterocycles. The number of nitrogens with zero attached hydrogens (tertiary/aromatic N) is 5. The summed E-state index contributed by atoms with van der Waals surface area (Å²) in [4.78, 5) is 16.0. The number of ether oxygens (including phenoxy) is 2. The molecule has 1 saturated heterocycles. The molecule has 3 aromatic carbocycles. The number of aromatic nitrogens is 4. The molecule has 2 aliphatic rings. The van der Waals surface area contributed by atoms with Gasteiger partial charge in [0.2, 0.25) is 5.95 Å². The van der Waals surface area contributed by atoms with Crippen LogP contribution in [0, 0.1) is 6.92 Å². The van der Waals surface area contributed by atoms with Crippen molar-refractivity contribution in [3.05, 3.63) is 77.9 Å². The summed E-state index contributed by atoms with van der Waals surface area (Å²) in [5.74, 6) is 2.64. The highest BCUT2D eigenvalue weighted by molar-refractivity contribution is 8.00. The van der Waals surface area contributed by atoms with Crippen LogP contribution in [0.2, 0.25) is 0 Å². The number of rotatable bonds is 10. The lowest BCUT2D eigenvalue weighted by Gasteiger charge is -2.32. The molecule has 47 heavy (non-hydrogen) atoms. The Morgan fingerprint density at radius 2 is 1.81 bits per heavy atom. The summed E-state index contributed by atoms with van der Waals surface area (Å²) in [6, 6.07) is 23.1. The van der Waals surface area contributed by atoms with E-state index in [0.29, 0.717) is 28.6 Å². The summed E-state index contributed by atoms with van der Waals surface area (Å²) in [6.07, 6.45) is 1.99. The Balaban J connectivity index is 1.27. The number of piperidine rings is 1. The van der Waals surface area contributed by atoms with Crippen LogP contribution >= 0.6 is 11.8 Å². The molecule has 1 unspecified atom stereocenters. The predicted octanol–water partition coefficient (Wildman–Crippen LogP) is 8.27. The van der Waals surface area contributed by atoms with Gasteiger partial charge in [0, 0.05) is 29.4 Å². The standard InChI is InChI=1S/C37H43N7O2S/c1-23(2)47-32-14-10-9-13-29(32)38-35-33-34(27-11-7-6-8-12-27)41-42-36(33)40-37(39-35)44-25(4)46-31-22-28(24(3)21-30(31)44)26-15-17-43(18-16-26)19-20-45-5/h6-14,21-23,25-26H,15-20H2,1-5H3,(H2,38,39,40,41,42). The first-order chi connectivity index (χ1) is 22.9. The van der Waals surface area contributed by atoms with Gasteiger partial charge in [-0.05, 0) is 81.1 Å². The van der Waals surface area contributed by atoms with E-state index in [-0.39, 0.29) is 6.23 Å². The average molecular weight is 650 g/mol. The summed E-state index contributed by atoms with van der Waals surface area (Å²) < 4.78 is 11.8. The Labute approximate surface area is 281 Å². The number of fused-ring (bicyclic) bond motifs is 2. The van der Waals surface area contributed by atoms with E-state index >= 15 is 0 Å². The minimum atomic E-state index is -0.280. The summed E-state index contributed by atoms with van der Waals surface area (Å²) in [7, 11) is 1.77. The van der Waals surface area contributed by atoms with Crippen molar-refractivity contribution in [1.29, 1.82) is 0 Å². The second-order valence-electron chi connectivity index (χ2n) is 12.7. The summed E-state index contributed by atoms with van der Waals surface area (Å²) in [5, 5.41) is 12.9. The molecule has 5 aromatic rings. The number of hydrogen-bond acceptors (Lipinski definition) is 9. The quantitative estimate of drug-likeness (QED) is 0.145. The van der Waals surface area contributed by atoms with Crippen LogP contribution in [0.4, 0.5) is 23.1 Å². The third kappa shape index (κ3) is 6.42. The van der Waals surface area contributed by atoms with Gasteiger partial charge in [-0.1, -0.05) is 56.3 Å². The third-order valence-electron chi connectivity index (χ3n) is 9.09. The van der Waals surface area contributed by atoms with Crippen LogP contribution in [0.1, 0.15) is 50.7 Å². The first kappa shape index (κ1) is 31.5. The summed E-state index contributed by atoms with van der Waals surface area (Å²) in [5.41, 5.74) is 7.13. The molecule has 4 heterocycles. The van der Waals surface area contributed by atoms with Crippen molar-refractivity contribution in [3.63, 3.8) is 0 Å². The number of H-pyrrole nitrogens is 1. The highest BCUT2D eigenvalue weighted by Gasteiger charge is 2.34. The van der Waals surface area contributed by atoms with E-state index in [4.69, 9.17) is 24.5 Å². The van der Waals surface area contributed by atoms with Gasteiger partial charge in [0.25, 0.3) is 0 Å². The molecule has 9 nitrogen and oxygen atoms in total. The normalized spacial score (nSPS) is 17.0. The monoisotopic (exact) mass is 649 g/mol. The maximum Gasteiger partial charge on any atom is 0.237 e. The molecule has 244 valence electrons. The fourth-order valence-corrected chi connectivity index (χ4v) is 7.69. The Morgan fingerprint density at radius 3 is 2.57 bits per heavy atom. The summed E-state index contributed by atoms with van der Waals surface area (Å²) in [6.45, 7) is 12.6. The zero-order chi connectivity index (χ0) is 32.5. The van der Waals surface area contributed by atoms with E-state index in [1.54, 1.807) is 7.11 Å². The van der Waals surface area contributed by atoms with E-state index in [2.05, 4.69) is 96.4 Å². The number of benzene rings is 3. The zero-order valence-electron chi connectivity index (χ0n) is 27.8. The number of anilines is 4. The van der Waals surface area contributed by atoms with Crippen molar-refractivity contribution in [1.82, 2.24) is 25.1 Å². The average Bonchev–Trinajstić information content (AvgIpc) is 3.65. The molecule has 0 saturated carbocycles. The maximum absolute atomic E-state index is 6.51. The molecule has 1 fully saturated rings. The van der Waals surface area contributed by atoms with Gasteiger partial charge in [0.15, 0.2) is 11.9 Å². The van der Waals surface area contributed by atoms with Crippen molar-refractivity contribution in [2.45, 2.75) is 62.8 Å². The Kier molecular flexibility index (Phi) is 9.07. The molecule has 10 heteroatoms. The van der Waals surface area contributed by atoms with Gasteiger partial charge in [-0.2, -0.15) is 15.1 Å². The molecule has 0 radical (unpaired) electrons.